The zero-order chi connectivity index (χ0) is 12.8. The molecular weight excluding hydrogens is 309 g/mol. The van der Waals surface area contributed by atoms with Crippen LogP contribution >= 0.6 is 0 Å². The Labute approximate surface area is 141 Å². The Kier molecular flexibility index (Phi) is 7.79. The summed E-state index contributed by atoms with van der Waals surface area (Å²) in [5.41, 5.74) is 1.19. The van der Waals surface area contributed by atoms with Gasteiger partial charge in [0.05, 0.1) is 0 Å². The molecule has 0 heterocycles. The third-order valence-corrected chi connectivity index (χ3v) is 3.71. The van der Waals surface area contributed by atoms with Crippen LogP contribution < -0.4 is 0 Å². The van der Waals surface area contributed by atoms with Crippen LogP contribution in [0.25, 0.3) is 0 Å². The van der Waals surface area contributed by atoms with Gasteiger partial charge < -0.3 is 6.92 Å². The van der Waals surface area contributed by atoms with E-state index in [2.05, 4.69) is 31.2 Å². The molecule has 2 atom stereocenters. The van der Waals surface area contributed by atoms with Crippen molar-refractivity contribution in [2.24, 2.45) is 5.92 Å². The molecule has 1 aliphatic carbocycles. The minimum Gasteiger partial charge on any atom is -0.343 e. The Morgan fingerprint density at radius 3 is 2.63 bits per heavy atom. The Balaban J connectivity index is 0.00000180. The van der Waals surface area contributed by atoms with Crippen molar-refractivity contribution in [1.29, 1.82) is 0 Å². The summed E-state index contributed by atoms with van der Waals surface area (Å²) in [6.07, 6.45) is 9.20. The first-order chi connectivity index (χ1) is 8.83. The fourth-order valence-electron chi connectivity index (χ4n) is 2.79. The SMILES string of the molecule is [CH2-]CC/C=C\CC1CCC(=O)C1c1ccccc1.[Y]. The number of Topliss-reactive ketones (excluding diaryl/α,β-unsaturated/α-hetero) is 1. The summed E-state index contributed by atoms with van der Waals surface area (Å²) >= 11 is 0. The molecule has 1 saturated carbocycles. The molecule has 0 bridgehead atoms. The van der Waals surface area contributed by atoms with Gasteiger partial charge in [-0.3, -0.25) is 4.79 Å². The summed E-state index contributed by atoms with van der Waals surface area (Å²) in [4.78, 5) is 12.0. The fraction of sp³-hybridized carbons (Fsp3) is 0.412. The molecule has 0 amide bonds. The molecule has 2 unspecified atom stereocenters. The molecule has 0 spiro atoms. The maximum Gasteiger partial charge on any atom is 0.140 e. The predicted octanol–water partition coefficient (Wildman–Crippen LogP) is 4.31. The van der Waals surface area contributed by atoms with Gasteiger partial charge in [0.2, 0.25) is 0 Å². The van der Waals surface area contributed by atoms with Crippen LogP contribution in [-0.4, -0.2) is 5.78 Å². The number of carbonyl (C=O) groups excluding carboxylic acids is 1. The van der Waals surface area contributed by atoms with Gasteiger partial charge in [-0.25, -0.2) is 0 Å². The number of unbranched alkanes of at least 4 members (excludes halogenated alkanes) is 1. The van der Waals surface area contributed by atoms with E-state index in [4.69, 9.17) is 0 Å². The van der Waals surface area contributed by atoms with E-state index >= 15 is 0 Å². The van der Waals surface area contributed by atoms with Crippen molar-refractivity contribution in [2.75, 3.05) is 0 Å². The molecule has 2 rings (SSSR count). The van der Waals surface area contributed by atoms with Crippen LogP contribution in [0.15, 0.2) is 42.5 Å². The van der Waals surface area contributed by atoms with Gasteiger partial charge in [0.1, 0.15) is 5.78 Å². The molecule has 1 radical (unpaired) electrons. The van der Waals surface area contributed by atoms with E-state index in [-0.39, 0.29) is 38.6 Å². The number of allylic oxidation sites excluding steroid dienone is 2. The number of rotatable bonds is 5. The molecule has 2 heteroatoms. The van der Waals surface area contributed by atoms with E-state index in [1.807, 2.05) is 18.2 Å². The number of hydrogen-bond acceptors (Lipinski definition) is 1. The van der Waals surface area contributed by atoms with Crippen LogP contribution in [0.3, 0.4) is 0 Å². The Morgan fingerprint density at radius 1 is 1.21 bits per heavy atom. The zero-order valence-corrected chi connectivity index (χ0v) is 14.3. The summed E-state index contributed by atoms with van der Waals surface area (Å²) in [5.74, 6) is 1.02. The van der Waals surface area contributed by atoms with Crippen molar-refractivity contribution in [3.63, 3.8) is 0 Å². The molecule has 1 aromatic carbocycles. The Morgan fingerprint density at radius 2 is 1.95 bits per heavy atom. The van der Waals surface area contributed by atoms with Crippen LogP contribution in [0.5, 0.6) is 0 Å². The molecule has 1 aliphatic rings. The van der Waals surface area contributed by atoms with Crippen LogP contribution in [0.2, 0.25) is 0 Å². The summed E-state index contributed by atoms with van der Waals surface area (Å²) in [6.45, 7) is 3.82. The second kappa shape index (κ2) is 8.82. The summed E-state index contributed by atoms with van der Waals surface area (Å²) in [7, 11) is 0. The first-order valence-corrected chi connectivity index (χ1v) is 6.85. The third kappa shape index (κ3) is 4.65. The molecule has 0 N–H and O–H groups in total. The monoisotopic (exact) mass is 330 g/mol. The first kappa shape index (κ1) is 16.8. The van der Waals surface area contributed by atoms with E-state index in [0.717, 1.165) is 32.1 Å². The van der Waals surface area contributed by atoms with E-state index in [1.54, 1.807) is 0 Å². The predicted molar refractivity (Wildman–Crippen MR) is 75.3 cm³/mol. The number of benzene rings is 1. The number of carbonyl (C=O) groups is 1. The number of ketones is 1. The maximum absolute atomic E-state index is 12.0. The van der Waals surface area contributed by atoms with Crippen LogP contribution in [-0.2, 0) is 37.5 Å². The largest absolute Gasteiger partial charge is 0.343 e. The molecule has 1 nitrogen and oxygen atoms in total. The quantitative estimate of drug-likeness (QED) is 0.581. The molecule has 19 heavy (non-hydrogen) atoms. The number of hydrogen-bond donors (Lipinski definition) is 0. The molecule has 1 aromatic rings. The van der Waals surface area contributed by atoms with E-state index < -0.39 is 0 Å². The van der Waals surface area contributed by atoms with Crippen molar-refractivity contribution >= 4 is 5.78 Å². The van der Waals surface area contributed by atoms with Gasteiger partial charge in [-0.15, -0.1) is 0 Å². The van der Waals surface area contributed by atoms with E-state index in [0.29, 0.717) is 11.7 Å². The fourth-order valence-corrected chi connectivity index (χ4v) is 2.79. The normalized spacial score (nSPS) is 22.7. The van der Waals surface area contributed by atoms with Gasteiger partial charge in [0, 0.05) is 45.0 Å². The van der Waals surface area contributed by atoms with Crippen molar-refractivity contribution < 1.29 is 37.5 Å². The van der Waals surface area contributed by atoms with Crippen LogP contribution in [0, 0.1) is 12.8 Å². The second-order valence-electron chi connectivity index (χ2n) is 5.00. The van der Waals surface area contributed by atoms with Crippen molar-refractivity contribution in [3.05, 3.63) is 55.0 Å². The van der Waals surface area contributed by atoms with Gasteiger partial charge in [0.15, 0.2) is 0 Å². The second-order valence-corrected chi connectivity index (χ2v) is 5.00. The smallest absolute Gasteiger partial charge is 0.140 e. The maximum atomic E-state index is 12.0. The van der Waals surface area contributed by atoms with Crippen molar-refractivity contribution in [1.82, 2.24) is 0 Å². The third-order valence-electron chi connectivity index (χ3n) is 3.71. The molecule has 0 aliphatic heterocycles. The summed E-state index contributed by atoms with van der Waals surface area (Å²) in [5, 5.41) is 0. The van der Waals surface area contributed by atoms with Gasteiger partial charge in [-0.05, 0) is 24.3 Å². The molecular formula is C17H21OY-. The summed E-state index contributed by atoms with van der Waals surface area (Å²) in [6, 6.07) is 10.2. The summed E-state index contributed by atoms with van der Waals surface area (Å²) < 4.78 is 0. The average Bonchev–Trinajstić information content (AvgIpc) is 2.77. The average molecular weight is 330 g/mol. The minimum atomic E-state index is 0. The van der Waals surface area contributed by atoms with Gasteiger partial charge >= 0.3 is 0 Å². The standard InChI is InChI=1S/C17H21O.Y/c1-2-3-4-6-11-15-12-13-16(18)17(15)14-9-7-5-8-10-14;/h4-10,15,17H,1-3,11-13H2;/q-1;/b6-4-;. The zero-order valence-electron chi connectivity index (χ0n) is 11.4. The minimum absolute atomic E-state index is 0. The van der Waals surface area contributed by atoms with E-state index in [1.165, 1.54) is 5.56 Å². The molecule has 1 fully saturated rings. The van der Waals surface area contributed by atoms with Crippen LogP contribution in [0.1, 0.15) is 43.6 Å². The van der Waals surface area contributed by atoms with E-state index in [9.17, 15) is 4.79 Å². The van der Waals surface area contributed by atoms with Crippen LogP contribution in [0.4, 0.5) is 0 Å². The first-order valence-electron chi connectivity index (χ1n) is 6.85. The topological polar surface area (TPSA) is 17.1 Å². The van der Waals surface area contributed by atoms with Crippen molar-refractivity contribution in [2.45, 2.75) is 38.0 Å². The molecule has 0 aromatic heterocycles. The molecule has 0 saturated heterocycles. The Bertz CT molecular complexity index is 411. The van der Waals surface area contributed by atoms with Crippen molar-refractivity contribution in [3.8, 4) is 0 Å². The van der Waals surface area contributed by atoms with Gasteiger partial charge in [-0.2, -0.15) is 6.42 Å². The Hall–Kier alpha value is -0.266. The van der Waals surface area contributed by atoms with Gasteiger partial charge in [-0.1, -0.05) is 48.9 Å². The molecule has 99 valence electrons. The van der Waals surface area contributed by atoms with Gasteiger partial charge in [0.25, 0.3) is 0 Å².